The van der Waals surface area contributed by atoms with E-state index in [0.29, 0.717) is 33.0 Å². The highest BCUT2D eigenvalue weighted by atomic mass is 16.5. The smallest absolute Gasteiger partial charge is 0.220 e. The van der Waals surface area contributed by atoms with Crippen molar-refractivity contribution in [3.63, 3.8) is 0 Å². The van der Waals surface area contributed by atoms with Crippen molar-refractivity contribution in [3.8, 4) is 0 Å². The molecule has 0 radical (unpaired) electrons. The molecule has 1 amide bonds. The van der Waals surface area contributed by atoms with Gasteiger partial charge in [-0.2, -0.15) is 0 Å². The van der Waals surface area contributed by atoms with E-state index in [1.54, 1.807) is 0 Å². The second kappa shape index (κ2) is 11.1. The molecule has 0 spiro atoms. The fourth-order valence-corrected chi connectivity index (χ4v) is 0.905. The summed E-state index contributed by atoms with van der Waals surface area (Å²) in [4.78, 5) is 21.0. The highest BCUT2D eigenvalue weighted by Gasteiger charge is 1.98. The normalized spacial score (nSPS) is 9.93. The average Bonchev–Trinajstić information content (AvgIpc) is 2.25. The van der Waals surface area contributed by atoms with E-state index >= 15 is 0 Å². The number of hydrogen-bond acceptors (Lipinski definition) is 4. The lowest BCUT2D eigenvalue weighted by atomic mass is 10.3. The molecule has 0 aromatic rings. The summed E-state index contributed by atoms with van der Waals surface area (Å²) in [6, 6.07) is 0. The molecule has 88 valence electrons. The van der Waals surface area contributed by atoms with Gasteiger partial charge < -0.3 is 19.6 Å². The van der Waals surface area contributed by atoms with Crippen molar-refractivity contribution in [2.45, 2.75) is 19.8 Å². The minimum absolute atomic E-state index is 0.115. The number of nitrogens with one attached hydrogen (secondary N) is 1. The molecule has 15 heavy (non-hydrogen) atoms. The van der Waals surface area contributed by atoms with Gasteiger partial charge in [-0.05, 0) is 6.92 Å². The number of carbonyl (C=O) groups is 2. The SMILES string of the molecule is CCOCCOCCNC(=O)CCC=O. The van der Waals surface area contributed by atoms with Gasteiger partial charge in [0.05, 0.1) is 19.8 Å². The van der Waals surface area contributed by atoms with E-state index in [2.05, 4.69) is 5.32 Å². The maximum atomic E-state index is 11.0. The predicted molar refractivity (Wildman–Crippen MR) is 55.6 cm³/mol. The van der Waals surface area contributed by atoms with E-state index < -0.39 is 0 Å². The third-order valence-corrected chi connectivity index (χ3v) is 1.63. The Morgan fingerprint density at radius 2 is 2.00 bits per heavy atom. The largest absolute Gasteiger partial charge is 0.379 e. The van der Waals surface area contributed by atoms with Gasteiger partial charge in [-0.25, -0.2) is 0 Å². The van der Waals surface area contributed by atoms with Gasteiger partial charge in [-0.15, -0.1) is 0 Å². The standard InChI is InChI=1S/C10H19NO4/c1-2-14-8-9-15-7-5-11-10(13)4-3-6-12/h6H,2-5,7-9H2,1H3,(H,11,13). The number of carbonyl (C=O) groups excluding carboxylic acids is 2. The third-order valence-electron chi connectivity index (χ3n) is 1.63. The van der Waals surface area contributed by atoms with Crippen LogP contribution in [0.4, 0.5) is 0 Å². The van der Waals surface area contributed by atoms with Crippen molar-refractivity contribution in [2.24, 2.45) is 0 Å². The van der Waals surface area contributed by atoms with Crippen LogP contribution in [0, 0.1) is 0 Å². The summed E-state index contributed by atoms with van der Waals surface area (Å²) in [7, 11) is 0. The minimum atomic E-state index is -0.115. The van der Waals surface area contributed by atoms with Crippen LogP contribution >= 0.6 is 0 Å². The maximum absolute atomic E-state index is 11.0. The lowest BCUT2D eigenvalue weighted by Crippen LogP contribution is -2.27. The number of amides is 1. The monoisotopic (exact) mass is 217 g/mol. The van der Waals surface area contributed by atoms with Crippen LogP contribution in [0.25, 0.3) is 0 Å². The van der Waals surface area contributed by atoms with Gasteiger partial charge in [0.15, 0.2) is 0 Å². The zero-order chi connectivity index (χ0) is 11.4. The summed E-state index contributed by atoms with van der Waals surface area (Å²) in [6.45, 7) is 4.68. The van der Waals surface area contributed by atoms with Crippen molar-refractivity contribution < 1.29 is 19.1 Å². The summed E-state index contributed by atoms with van der Waals surface area (Å²) in [5, 5.41) is 2.64. The first-order valence-corrected chi connectivity index (χ1v) is 5.17. The fraction of sp³-hybridized carbons (Fsp3) is 0.800. The third kappa shape index (κ3) is 11.0. The average molecular weight is 217 g/mol. The Balaban J connectivity index is 3.09. The second-order valence-corrected chi connectivity index (χ2v) is 2.86. The molecule has 1 N–H and O–H groups in total. The molecule has 0 heterocycles. The summed E-state index contributed by atoms with van der Waals surface area (Å²) in [5.74, 6) is -0.115. The summed E-state index contributed by atoms with van der Waals surface area (Å²) in [6.07, 6.45) is 1.26. The molecule has 5 nitrogen and oxygen atoms in total. The highest BCUT2D eigenvalue weighted by Crippen LogP contribution is 1.83. The molecule has 0 aliphatic rings. The Kier molecular flexibility index (Phi) is 10.4. The Hall–Kier alpha value is -0.940. The molecule has 0 atom stereocenters. The van der Waals surface area contributed by atoms with Gasteiger partial charge in [0.2, 0.25) is 5.91 Å². The molecular formula is C10H19NO4. The summed E-state index contributed by atoms with van der Waals surface area (Å²) in [5.41, 5.74) is 0. The van der Waals surface area contributed by atoms with Crippen molar-refractivity contribution >= 4 is 12.2 Å². The molecular weight excluding hydrogens is 198 g/mol. The molecule has 0 bridgehead atoms. The highest BCUT2D eigenvalue weighted by molar-refractivity contribution is 5.77. The van der Waals surface area contributed by atoms with E-state index in [1.807, 2.05) is 6.92 Å². The molecule has 0 saturated carbocycles. The van der Waals surface area contributed by atoms with Crippen LogP contribution in [0.3, 0.4) is 0 Å². The molecule has 5 heteroatoms. The van der Waals surface area contributed by atoms with Crippen LogP contribution < -0.4 is 5.32 Å². The van der Waals surface area contributed by atoms with Gasteiger partial charge in [0, 0.05) is 26.0 Å². The Labute approximate surface area is 90.1 Å². The molecule has 0 aliphatic heterocycles. The lowest BCUT2D eigenvalue weighted by molar-refractivity contribution is -0.122. The van der Waals surface area contributed by atoms with E-state index in [1.165, 1.54) is 0 Å². The molecule has 0 saturated heterocycles. The van der Waals surface area contributed by atoms with Gasteiger partial charge in [-0.3, -0.25) is 4.79 Å². The number of aldehydes is 1. The van der Waals surface area contributed by atoms with Crippen molar-refractivity contribution in [1.29, 1.82) is 0 Å². The maximum Gasteiger partial charge on any atom is 0.220 e. The van der Waals surface area contributed by atoms with E-state index in [-0.39, 0.29) is 18.7 Å². The zero-order valence-corrected chi connectivity index (χ0v) is 9.16. The Morgan fingerprint density at radius 1 is 1.27 bits per heavy atom. The predicted octanol–water partition coefficient (Wildman–Crippen LogP) is 0.135. The fourth-order valence-electron chi connectivity index (χ4n) is 0.905. The Bertz CT molecular complexity index is 173. The molecule has 0 fully saturated rings. The van der Waals surface area contributed by atoms with Gasteiger partial charge >= 0.3 is 0 Å². The van der Waals surface area contributed by atoms with Crippen LogP contribution in [0.5, 0.6) is 0 Å². The molecule has 0 unspecified atom stereocenters. The van der Waals surface area contributed by atoms with Gasteiger partial charge in [0.1, 0.15) is 6.29 Å². The topological polar surface area (TPSA) is 64.6 Å². The van der Waals surface area contributed by atoms with Crippen LogP contribution in [0.1, 0.15) is 19.8 Å². The zero-order valence-electron chi connectivity index (χ0n) is 9.16. The quantitative estimate of drug-likeness (QED) is 0.417. The lowest BCUT2D eigenvalue weighted by Gasteiger charge is -2.05. The van der Waals surface area contributed by atoms with Crippen LogP contribution in [0.2, 0.25) is 0 Å². The first-order valence-electron chi connectivity index (χ1n) is 5.17. The first kappa shape index (κ1) is 14.1. The number of hydrogen-bond donors (Lipinski definition) is 1. The van der Waals surface area contributed by atoms with E-state index in [9.17, 15) is 9.59 Å². The van der Waals surface area contributed by atoms with Crippen molar-refractivity contribution in [2.75, 3.05) is 33.0 Å². The number of rotatable bonds is 10. The second-order valence-electron chi connectivity index (χ2n) is 2.86. The molecule has 0 aromatic heterocycles. The van der Waals surface area contributed by atoms with Gasteiger partial charge in [0.25, 0.3) is 0 Å². The summed E-state index contributed by atoms with van der Waals surface area (Å²) < 4.78 is 10.2. The minimum Gasteiger partial charge on any atom is -0.379 e. The van der Waals surface area contributed by atoms with E-state index in [0.717, 1.165) is 6.29 Å². The molecule has 0 rings (SSSR count). The summed E-state index contributed by atoms with van der Waals surface area (Å²) >= 11 is 0. The van der Waals surface area contributed by atoms with Crippen LogP contribution in [-0.2, 0) is 19.1 Å². The van der Waals surface area contributed by atoms with Crippen molar-refractivity contribution in [3.05, 3.63) is 0 Å². The van der Waals surface area contributed by atoms with Crippen LogP contribution in [-0.4, -0.2) is 45.2 Å². The Morgan fingerprint density at radius 3 is 2.67 bits per heavy atom. The number of ether oxygens (including phenoxy) is 2. The van der Waals surface area contributed by atoms with Crippen molar-refractivity contribution in [1.82, 2.24) is 5.32 Å². The first-order chi connectivity index (χ1) is 7.31. The van der Waals surface area contributed by atoms with Crippen LogP contribution in [0.15, 0.2) is 0 Å². The molecule has 0 aromatic carbocycles. The van der Waals surface area contributed by atoms with Gasteiger partial charge in [-0.1, -0.05) is 0 Å². The molecule has 0 aliphatic carbocycles. The van der Waals surface area contributed by atoms with E-state index in [4.69, 9.17) is 9.47 Å².